The number of aromatic hydroxyl groups is 2. The van der Waals surface area contributed by atoms with Crippen LogP contribution in [-0.2, 0) is 13.1 Å². The quantitative estimate of drug-likeness (QED) is 0.850. The largest absolute Gasteiger partial charge is 0.508 e. The zero-order valence-corrected chi connectivity index (χ0v) is 15.1. The fourth-order valence-corrected chi connectivity index (χ4v) is 4.52. The molecule has 1 aliphatic heterocycles. The summed E-state index contributed by atoms with van der Waals surface area (Å²) in [5.74, 6) is -0.512. The average Bonchev–Trinajstić information content (AvgIpc) is 2.99. The van der Waals surface area contributed by atoms with E-state index in [1.807, 2.05) is 0 Å². The highest BCUT2D eigenvalue weighted by Crippen LogP contribution is 2.36. The number of fused-ring (bicyclic) bond motifs is 1. The molecule has 1 aliphatic carbocycles. The van der Waals surface area contributed by atoms with Gasteiger partial charge in [-0.1, -0.05) is 12.8 Å². The first-order chi connectivity index (χ1) is 13.0. The smallest absolute Gasteiger partial charge is 0.123 e. The summed E-state index contributed by atoms with van der Waals surface area (Å²) in [7, 11) is 0. The molecule has 2 aliphatic rings. The predicted octanol–water partition coefficient (Wildman–Crippen LogP) is 3.96. The Hall–Kier alpha value is -2.18. The van der Waals surface area contributed by atoms with E-state index in [4.69, 9.17) is 0 Å². The van der Waals surface area contributed by atoms with Gasteiger partial charge in [0.1, 0.15) is 23.1 Å². The van der Waals surface area contributed by atoms with Crippen LogP contribution in [0, 0.1) is 11.6 Å². The SMILES string of the molecule is Oc1ccc(F)cc1CN1CN(Cc2cc(F)ccc2O)[C@H]2CCCC[C@@H]21. The highest BCUT2D eigenvalue weighted by atomic mass is 19.1. The Morgan fingerprint density at radius 1 is 0.778 bits per heavy atom. The lowest BCUT2D eigenvalue weighted by Gasteiger charge is -2.32. The molecule has 27 heavy (non-hydrogen) atoms. The predicted molar refractivity (Wildman–Crippen MR) is 98.1 cm³/mol. The second kappa shape index (κ2) is 7.44. The average molecular weight is 374 g/mol. The van der Waals surface area contributed by atoms with Crippen molar-refractivity contribution in [3.63, 3.8) is 0 Å². The maximum Gasteiger partial charge on any atom is 0.123 e. The van der Waals surface area contributed by atoms with Crippen LogP contribution in [0.25, 0.3) is 0 Å². The number of nitrogens with zero attached hydrogens (tertiary/aromatic N) is 2. The van der Waals surface area contributed by atoms with Gasteiger partial charge in [0.25, 0.3) is 0 Å². The summed E-state index contributed by atoms with van der Waals surface area (Å²) >= 11 is 0. The number of benzene rings is 2. The van der Waals surface area contributed by atoms with Crippen molar-refractivity contribution in [2.24, 2.45) is 0 Å². The standard InChI is InChI=1S/C21H24F2N2O2/c22-16-5-7-20(26)14(9-16)11-24-13-25(19-4-2-1-3-18(19)24)12-15-10-17(23)6-8-21(15)27/h5-10,18-19,26-27H,1-4,11-13H2/t18-,19-/m0/s1. The third-order valence-corrected chi connectivity index (χ3v) is 5.83. The molecule has 0 bridgehead atoms. The minimum Gasteiger partial charge on any atom is -0.508 e. The fraction of sp³-hybridized carbons (Fsp3) is 0.429. The lowest BCUT2D eigenvalue weighted by molar-refractivity contribution is 0.196. The van der Waals surface area contributed by atoms with Gasteiger partial charge >= 0.3 is 0 Å². The molecule has 144 valence electrons. The Balaban J connectivity index is 1.55. The van der Waals surface area contributed by atoms with Gasteiger partial charge in [0.2, 0.25) is 0 Å². The van der Waals surface area contributed by atoms with Crippen molar-refractivity contribution in [3.8, 4) is 11.5 Å². The van der Waals surface area contributed by atoms with Crippen LogP contribution in [0.5, 0.6) is 11.5 Å². The van der Waals surface area contributed by atoms with Crippen LogP contribution in [-0.4, -0.2) is 38.8 Å². The van der Waals surface area contributed by atoms with Gasteiger partial charge in [0.15, 0.2) is 0 Å². The van der Waals surface area contributed by atoms with Crippen LogP contribution >= 0.6 is 0 Å². The lowest BCUT2D eigenvalue weighted by atomic mass is 9.90. The number of hydrogen-bond acceptors (Lipinski definition) is 4. The molecule has 0 amide bonds. The number of halogens is 2. The summed E-state index contributed by atoms with van der Waals surface area (Å²) < 4.78 is 27.2. The molecule has 2 fully saturated rings. The van der Waals surface area contributed by atoms with Crippen LogP contribution in [0.4, 0.5) is 8.78 Å². The van der Waals surface area contributed by atoms with E-state index in [9.17, 15) is 19.0 Å². The van der Waals surface area contributed by atoms with E-state index in [0.717, 1.165) is 25.7 Å². The van der Waals surface area contributed by atoms with Crippen molar-refractivity contribution in [2.45, 2.75) is 50.9 Å². The second-order valence-electron chi connectivity index (χ2n) is 7.60. The monoisotopic (exact) mass is 374 g/mol. The molecule has 4 nitrogen and oxygen atoms in total. The van der Waals surface area contributed by atoms with Crippen LogP contribution in [0.1, 0.15) is 36.8 Å². The molecule has 6 heteroatoms. The third-order valence-electron chi connectivity index (χ3n) is 5.83. The third kappa shape index (κ3) is 3.77. The first kappa shape index (κ1) is 18.2. The van der Waals surface area contributed by atoms with Gasteiger partial charge in [0.05, 0.1) is 6.67 Å². The van der Waals surface area contributed by atoms with Crippen LogP contribution in [0.2, 0.25) is 0 Å². The topological polar surface area (TPSA) is 46.9 Å². The van der Waals surface area contributed by atoms with Gasteiger partial charge in [-0.3, -0.25) is 9.80 Å². The highest BCUT2D eigenvalue weighted by molar-refractivity contribution is 5.34. The summed E-state index contributed by atoms with van der Waals surface area (Å²) in [6, 6.07) is 8.69. The van der Waals surface area contributed by atoms with E-state index in [0.29, 0.717) is 43.0 Å². The Morgan fingerprint density at radius 3 is 1.67 bits per heavy atom. The van der Waals surface area contributed by atoms with Gasteiger partial charge in [0, 0.05) is 36.3 Å². The van der Waals surface area contributed by atoms with Crippen LogP contribution in [0.3, 0.4) is 0 Å². The van der Waals surface area contributed by atoms with E-state index in [1.165, 1.54) is 36.4 Å². The molecule has 2 N–H and O–H groups in total. The van der Waals surface area contributed by atoms with E-state index in [-0.39, 0.29) is 23.1 Å². The molecule has 2 aromatic carbocycles. The molecule has 0 spiro atoms. The molecule has 2 atom stereocenters. The van der Waals surface area contributed by atoms with Crippen molar-refractivity contribution in [1.29, 1.82) is 0 Å². The normalized spacial score (nSPS) is 23.5. The zero-order valence-electron chi connectivity index (χ0n) is 15.1. The molecular formula is C21H24F2N2O2. The highest BCUT2D eigenvalue weighted by Gasteiger charge is 2.41. The Kier molecular flexibility index (Phi) is 5.02. The van der Waals surface area contributed by atoms with Gasteiger partial charge in [-0.2, -0.15) is 0 Å². The summed E-state index contributed by atoms with van der Waals surface area (Å²) in [5, 5.41) is 20.2. The lowest BCUT2D eigenvalue weighted by Crippen LogP contribution is -2.39. The maximum absolute atomic E-state index is 13.6. The summed E-state index contributed by atoms with van der Waals surface area (Å²) in [5.41, 5.74) is 1.16. The van der Waals surface area contributed by atoms with Gasteiger partial charge in [-0.05, 0) is 49.2 Å². The van der Waals surface area contributed by atoms with E-state index < -0.39 is 0 Å². The number of phenolic OH excluding ortho intramolecular Hbond substituents is 2. The number of rotatable bonds is 4. The molecule has 0 unspecified atom stereocenters. The van der Waals surface area contributed by atoms with Crippen LogP contribution < -0.4 is 0 Å². The molecule has 2 aromatic rings. The molecule has 1 saturated heterocycles. The van der Waals surface area contributed by atoms with E-state index >= 15 is 0 Å². The summed E-state index contributed by atoms with van der Waals surface area (Å²) in [4.78, 5) is 4.52. The van der Waals surface area contributed by atoms with E-state index in [1.54, 1.807) is 0 Å². The van der Waals surface area contributed by atoms with Crippen molar-refractivity contribution in [1.82, 2.24) is 9.80 Å². The van der Waals surface area contributed by atoms with Crippen LogP contribution in [0.15, 0.2) is 36.4 Å². The molecule has 1 saturated carbocycles. The van der Waals surface area contributed by atoms with Gasteiger partial charge in [-0.25, -0.2) is 8.78 Å². The fourth-order valence-electron chi connectivity index (χ4n) is 4.52. The molecule has 0 radical (unpaired) electrons. The molecular weight excluding hydrogens is 350 g/mol. The maximum atomic E-state index is 13.6. The molecule has 4 rings (SSSR count). The van der Waals surface area contributed by atoms with Crippen molar-refractivity contribution in [2.75, 3.05) is 6.67 Å². The Morgan fingerprint density at radius 2 is 1.22 bits per heavy atom. The summed E-state index contributed by atoms with van der Waals surface area (Å²) in [6.07, 6.45) is 4.39. The summed E-state index contributed by atoms with van der Waals surface area (Å²) in [6.45, 7) is 1.58. The first-order valence-electron chi connectivity index (χ1n) is 9.44. The Labute approximate surface area is 157 Å². The minimum atomic E-state index is -0.358. The van der Waals surface area contributed by atoms with Crippen molar-refractivity contribution < 1.29 is 19.0 Å². The number of phenols is 2. The minimum absolute atomic E-state index is 0.102. The van der Waals surface area contributed by atoms with Gasteiger partial charge < -0.3 is 10.2 Å². The van der Waals surface area contributed by atoms with Crippen molar-refractivity contribution in [3.05, 3.63) is 59.2 Å². The van der Waals surface area contributed by atoms with Gasteiger partial charge in [-0.15, -0.1) is 0 Å². The molecule has 1 heterocycles. The van der Waals surface area contributed by atoms with E-state index in [2.05, 4.69) is 9.80 Å². The first-order valence-corrected chi connectivity index (χ1v) is 9.44. The molecule has 0 aromatic heterocycles. The zero-order chi connectivity index (χ0) is 19.0. The second-order valence-corrected chi connectivity index (χ2v) is 7.60. The number of hydrogen-bond donors (Lipinski definition) is 2. The Bertz CT molecular complexity index is 762. The van der Waals surface area contributed by atoms with Crippen molar-refractivity contribution >= 4 is 0 Å².